The standard InChI is InChI=1S/C28H35N3O4/c1-19(2)16-30(17-20(3)4)18-21-12-10-11-15-23(21)25-24(27(32)34-5)26(28(33)35-6)31(29-25)22-13-8-7-9-14-22/h7-15,19-20H,16-18H2,1-6H3. The monoisotopic (exact) mass is 477 g/mol. The highest BCUT2D eigenvalue weighted by atomic mass is 16.5. The molecule has 2 aromatic carbocycles. The zero-order chi connectivity index (χ0) is 25.5. The zero-order valence-electron chi connectivity index (χ0n) is 21.4. The predicted molar refractivity (Wildman–Crippen MR) is 137 cm³/mol. The molecule has 1 heterocycles. The van der Waals surface area contributed by atoms with Gasteiger partial charge in [-0.1, -0.05) is 70.2 Å². The van der Waals surface area contributed by atoms with E-state index in [1.54, 1.807) is 0 Å². The molecular formula is C28H35N3O4. The molecule has 0 N–H and O–H groups in total. The first-order valence-corrected chi connectivity index (χ1v) is 11.9. The van der Waals surface area contributed by atoms with Crippen LogP contribution in [-0.4, -0.2) is 53.9 Å². The first-order chi connectivity index (χ1) is 16.8. The van der Waals surface area contributed by atoms with Crippen LogP contribution in [0.15, 0.2) is 54.6 Å². The molecule has 0 fully saturated rings. The number of hydrogen-bond donors (Lipinski definition) is 0. The number of hydrogen-bond acceptors (Lipinski definition) is 6. The van der Waals surface area contributed by atoms with Crippen LogP contribution in [0.4, 0.5) is 0 Å². The Morgan fingerprint density at radius 3 is 2.00 bits per heavy atom. The first-order valence-electron chi connectivity index (χ1n) is 11.9. The molecule has 0 spiro atoms. The van der Waals surface area contributed by atoms with Crippen LogP contribution in [0.5, 0.6) is 0 Å². The van der Waals surface area contributed by atoms with Crippen molar-refractivity contribution in [3.05, 3.63) is 71.4 Å². The minimum atomic E-state index is -0.660. The van der Waals surface area contributed by atoms with Gasteiger partial charge in [0.15, 0.2) is 5.69 Å². The Kier molecular flexibility index (Phi) is 8.82. The maximum Gasteiger partial charge on any atom is 0.357 e. The highest BCUT2D eigenvalue weighted by molar-refractivity contribution is 6.07. The maximum absolute atomic E-state index is 13.0. The van der Waals surface area contributed by atoms with Crippen molar-refractivity contribution in [2.75, 3.05) is 27.3 Å². The summed E-state index contributed by atoms with van der Waals surface area (Å²) in [6, 6.07) is 17.1. The van der Waals surface area contributed by atoms with Crippen molar-refractivity contribution >= 4 is 11.9 Å². The average Bonchev–Trinajstić information content (AvgIpc) is 3.23. The molecule has 3 rings (SSSR count). The van der Waals surface area contributed by atoms with Gasteiger partial charge in [0.05, 0.1) is 19.9 Å². The fraction of sp³-hybridized carbons (Fsp3) is 0.393. The highest BCUT2D eigenvalue weighted by Crippen LogP contribution is 2.32. The molecule has 186 valence electrons. The number of rotatable bonds is 10. The molecule has 0 aliphatic carbocycles. The van der Waals surface area contributed by atoms with Gasteiger partial charge in [0.1, 0.15) is 11.3 Å². The molecule has 7 heteroatoms. The van der Waals surface area contributed by atoms with Crippen LogP contribution < -0.4 is 0 Å². The number of esters is 2. The zero-order valence-corrected chi connectivity index (χ0v) is 21.4. The van der Waals surface area contributed by atoms with Gasteiger partial charge in [-0.3, -0.25) is 4.90 Å². The number of para-hydroxylation sites is 1. The molecule has 0 amide bonds. The quantitative estimate of drug-likeness (QED) is 0.373. The molecule has 0 atom stereocenters. The molecule has 7 nitrogen and oxygen atoms in total. The van der Waals surface area contributed by atoms with Gasteiger partial charge >= 0.3 is 11.9 Å². The third-order valence-electron chi connectivity index (χ3n) is 5.57. The Morgan fingerprint density at radius 1 is 0.857 bits per heavy atom. The smallest absolute Gasteiger partial charge is 0.357 e. The number of carbonyl (C=O) groups excluding carboxylic acids is 2. The molecule has 1 aromatic heterocycles. The van der Waals surface area contributed by atoms with E-state index >= 15 is 0 Å². The molecule has 0 saturated heterocycles. The minimum Gasteiger partial charge on any atom is -0.465 e. The van der Waals surface area contributed by atoms with Gasteiger partial charge < -0.3 is 9.47 Å². The highest BCUT2D eigenvalue weighted by Gasteiger charge is 2.32. The summed E-state index contributed by atoms with van der Waals surface area (Å²) in [6.45, 7) is 11.4. The van der Waals surface area contributed by atoms with E-state index < -0.39 is 11.9 Å². The summed E-state index contributed by atoms with van der Waals surface area (Å²) in [5, 5.41) is 4.78. The number of methoxy groups -OCH3 is 2. The van der Waals surface area contributed by atoms with Crippen LogP contribution >= 0.6 is 0 Å². The second-order valence-electron chi connectivity index (χ2n) is 9.44. The lowest BCUT2D eigenvalue weighted by Gasteiger charge is -2.27. The molecule has 3 aromatic rings. The largest absolute Gasteiger partial charge is 0.465 e. The fourth-order valence-corrected chi connectivity index (χ4v) is 4.31. The van der Waals surface area contributed by atoms with Gasteiger partial charge in [-0.15, -0.1) is 0 Å². The summed E-state index contributed by atoms with van der Waals surface area (Å²) in [5.74, 6) is -0.283. The van der Waals surface area contributed by atoms with E-state index in [0.717, 1.165) is 24.2 Å². The molecular weight excluding hydrogens is 442 g/mol. The van der Waals surface area contributed by atoms with Crippen LogP contribution in [0.1, 0.15) is 54.1 Å². The van der Waals surface area contributed by atoms with Crippen LogP contribution in [0, 0.1) is 11.8 Å². The molecule has 0 aliphatic rings. The van der Waals surface area contributed by atoms with Crippen molar-refractivity contribution in [3.63, 3.8) is 0 Å². The van der Waals surface area contributed by atoms with Gasteiger partial charge in [-0.05, 0) is 29.5 Å². The summed E-state index contributed by atoms with van der Waals surface area (Å²) < 4.78 is 11.6. The van der Waals surface area contributed by atoms with Crippen LogP contribution in [-0.2, 0) is 16.0 Å². The Labute approximate surface area is 207 Å². The first kappa shape index (κ1) is 26.2. The van der Waals surface area contributed by atoms with Crippen LogP contribution in [0.25, 0.3) is 16.9 Å². The molecule has 35 heavy (non-hydrogen) atoms. The summed E-state index contributed by atoms with van der Waals surface area (Å²) in [6.07, 6.45) is 0. The van der Waals surface area contributed by atoms with Crippen molar-refractivity contribution in [2.45, 2.75) is 34.2 Å². The SMILES string of the molecule is COC(=O)c1c(-c2ccccc2CN(CC(C)C)CC(C)C)nn(-c2ccccc2)c1C(=O)OC. The summed E-state index contributed by atoms with van der Waals surface area (Å²) in [5.41, 5.74) is 2.97. The topological polar surface area (TPSA) is 73.7 Å². The normalized spacial score (nSPS) is 11.3. The Hall–Kier alpha value is -3.45. The third-order valence-corrected chi connectivity index (χ3v) is 5.57. The Morgan fingerprint density at radius 2 is 1.43 bits per heavy atom. The number of ether oxygens (including phenoxy) is 2. The van der Waals surface area contributed by atoms with Gasteiger partial charge in [0.25, 0.3) is 0 Å². The van der Waals surface area contributed by atoms with E-state index in [1.807, 2.05) is 54.6 Å². The maximum atomic E-state index is 13.0. The summed E-state index contributed by atoms with van der Waals surface area (Å²) >= 11 is 0. The number of carbonyl (C=O) groups is 2. The van der Waals surface area contributed by atoms with Crippen molar-refractivity contribution < 1.29 is 19.1 Å². The molecule has 0 radical (unpaired) electrons. The lowest BCUT2D eigenvalue weighted by atomic mass is 9.99. The van der Waals surface area contributed by atoms with Crippen molar-refractivity contribution in [1.82, 2.24) is 14.7 Å². The van der Waals surface area contributed by atoms with Gasteiger partial charge in [0, 0.05) is 25.2 Å². The van der Waals surface area contributed by atoms with E-state index in [2.05, 4.69) is 32.6 Å². The lowest BCUT2D eigenvalue weighted by molar-refractivity contribution is 0.0549. The van der Waals surface area contributed by atoms with Crippen LogP contribution in [0.2, 0.25) is 0 Å². The molecule has 0 saturated carbocycles. The lowest BCUT2D eigenvalue weighted by Crippen LogP contribution is -2.31. The third kappa shape index (κ3) is 6.17. The van der Waals surface area contributed by atoms with Crippen molar-refractivity contribution in [2.24, 2.45) is 11.8 Å². The van der Waals surface area contributed by atoms with E-state index in [4.69, 9.17) is 14.6 Å². The number of nitrogens with zero attached hydrogens (tertiary/aromatic N) is 3. The average molecular weight is 478 g/mol. The van der Waals surface area contributed by atoms with Crippen molar-refractivity contribution in [1.29, 1.82) is 0 Å². The van der Waals surface area contributed by atoms with Gasteiger partial charge in [-0.2, -0.15) is 5.10 Å². The van der Waals surface area contributed by atoms with Gasteiger partial charge in [-0.25, -0.2) is 14.3 Å². The summed E-state index contributed by atoms with van der Waals surface area (Å²) in [4.78, 5) is 28.3. The van der Waals surface area contributed by atoms with E-state index in [9.17, 15) is 9.59 Å². The van der Waals surface area contributed by atoms with Crippen LogP contribution in [0.3, 0.4) is 0 Å². The van der Waals surface area contributed by atoms with E-state index in [1.165, 1.54) is 18.9 Å². The molecule has 0 unspecified atom stereocenters. The fourth-order valence-electron chi connectivity index (χ4n) is 4.31. The molecule has 0 aliphatic heterocycles. The van der Waals surface area contributed by atoms with E-state index in [0.29, 0.717) is 29.8 Å². The Balaban J connectivity index is 2.22. The summed E-state index contributed by atoms with van der Waals surface area (Å²) in [7, 11) is 2.58. The molecule has 0 bridgehead atoms. The number of benzene rings is 2. The number of aromatic nitrogens is 2. The Bertz CT molecular complexity index is 1140. The minimum absolute atomic E-state index is 0.0385. The second kappa shape index (κ2) is 11.8. The predicted octanol–water partition coefficient (Wildman–Crippen LogP) is 5.23. The second-order valence-corrected chi connectivity index (χ2v) is 9.44. The van der Waals surface area contributed by atoms with E-state index in [-0.39, 0.29) is 11.3 Å². The van der Waals surface area contributed by atoms with Crippen molar-refractivity contribution in [3.8, 4) is 16.9 Å². The van der Waals surface area contributed by atoms with Gasteiger partial charge in [0.2, 0.25) is 0 Å².